The lowest BCUT2D eigenvalue weighted by atomic mass is 10.2. The number of anilines is 1. The first-order chi connectivity index (χ1) is 9.36. The van der Waals surface area contributed by atoms with Gasteiger partial charge in [0.1, 0.15) is 16.5 Å². The molecule has 2 aromatic rings. The minimum atomic E-state index is -1.09. The van der Waals surface area contributed by atoms with Crippen LogP contribution < -0.4 is 5.32 Å². The summed E-state index contributed by atoms with van der Waals surface area (Å²) in [5.74, 6) is -3.51. The Morgan fingerprint density at radius 1 is 1.15 bits per heavy atom. The lowest BCUT2D eigenvalue weighted by Gasteiger charge is -2.02. The highest BCUT2D eigenvalue weighted by atomic mass is 32.1. The average Bonchev–Trinajstić information content (AvgIpc) is 2.69. The number of rotatable bonds is 3. The first-order valence-electron chi connectivity index (χ1n) is 5.48. The fourth-order valence-corrected chi connectivity index (χ4v) is 2.53. The van der Waals surface area contributed by atoms with Crippen molar-refractivity contribution in [2.45, 2.75) is 6.92 Å². The molecular formula is C13H9F2NO3S. The van der Waals surface area contributed by atoms with Gasteiger partial charge in [0.2, 0.25) is 0 Å². The average molecular weight is 297 g/mol. The van der Waals surface area contributed by atoms with Crippen molar-refractivity contribution in [2.75, 3.05) is 5.32 Å². The van der Waals surface area contributed by atoms with Crippen LogP contribution in [0, 0.1) is 18.6 Å². The van der Waals surface area contributed by atoms with Crippen molar-refractivity contribution in [3.63, 3.8) is 0 Å². The van der Waals surface area contributed by atoms with Crippen LogP contribution in [0.2, 0.25) is 0 Å². The van der Waals surface area contributed by atoms with Gasteiger partial charge in [-0.1, -0.05) is 0 Å². The minimum absolute atomic E-state index is 0.103. The van der Waals surface area contributed by atoms with E-state index in [-0.39, 0.29) is 10.4 Å². The number of thiophene rings is 1. The van der Waals surface area contributed by atoms with Crippen molar-refractivity contribution in [3.05, 3.63) is 51.9 Å². The maximum absolute atomic E-state index is 13.0. The SMILES string of the molecule is Cc1cc(NC(=O)c2cc(F)cc(F)c2)sc1C(=O)O. The molecule has 0 radical (unpaired) electrons. The van der Waals surface area contributed by atoms with Gasteiger partial charge in [0, 0.05) is 11.6 Å². The molecule has 4 nitrogen and oxygen atoms in total. The number of hydrogen-bond donors (Lipinski definition) is 2. The maximum atomic E-state index is 13.0. The summed E-state index contributed by atoms with van der Waals surface area (Å²) in [6.07, 6.45) is 0. The summed E-state index contributed by atoms with van der Waals surface area (Å²) < 4.78 is 26.0. The highest BCUT2D eigenvalue weighted by molar-refractivity contribution is 7.18. The van der Waals surface area contributed by atoms with E-state index in [2.05, 4.69) is 5.32 Å². The van der Waals surface area contributed by atoms with Crippen LogP contribution >= 0.6 is 11.3 Å². The molecule has 2 N–H and O–H groups in total. The normalized spacial score (nSPS) is 10.3. The Morgan fingerprint density at radius 2 is 1.75 bits per heavy atom. The Labute approximate surface area is 116 Å². The molecule has 0 fully saturated rings. The Hall–Kier alpha value is -2.28. The zero-order valence-corrected chi connectivity index (χ0v) is 11.1. The van der Waals surface area contributed by atoms with Gasteiger partial charge >= 0.3 is 5.97 Å². The minimum Gasteiger partial charge on any atom is -0.477 e. The van der Waals surface area contributed by atoms with Crippen LogP contribution in [-0.4, -0.2) is 17.0 Å². The van der Waals surface area contributed by atoms with Crippen molar-refractivity contribution in [1.82, 2.24) is 0 Å². The summed E-state index contributed by atoms with van der Waals surface area (Å²) in [7, 11) is 0. The van der Waals surface area contributed by atoms with E-state index in [1.807, 2.05) is 0 Å². The zero-order chi connectivity index (χ0) is 14.9. The van der Waals surface area contributed by atoms with E-state index >= 15 is 0 Å². The number of hydrogen-bond acceptors (Lipinski definition) is 3. The Balaban J connectivity index is 2.23. The molecular weight excluding hydrogens is 288 g/mol. The molecule has 0 aliphatic rings. The maximum Gasteiger partial charge on any atom is 0.346 e. The second-order valence-electron chi connectivity index (χ2n) is 4.04. The van der Waals surface area contributed by atoms with Gasteiger partial charge in [-0.05, 0) is 30.7 Å². The number of carbonyl (C=O) groups is 2. The molecule has 104 valence electrons. The lowest BCUT2D eigenvalue weighted by Crippen LogP contribution is -2.11. The number of benzene rings is 1. The predicted octanol–water partition coefficient (Wildman–Crippen LogP) is 3.29. The van der Waals surface area contributed by atoms with Crippen molar-refractivity contribution < 1.29 is 23.5 Å². The number of nitrogens with one attached hydrogen (secondary N) is 1. The number of amides is 1. The number of aromatic carboxylic acids is 1. The van der Waals surface area contributed by atoms with Gasteiger partial charge in [-0.3, -0.25) is 4.79 Å². The summed E-state index contributed by atoms with van der Waals surface area (Å²) in [5, 5.41) is 11.6. The molecule has 0 spiro atoms. The first-order valence-corrected chi connectivity index (χ1v) is 6.29. The zero-order valence-electron chi connectivity index (χ0n) is 10.2. The van der Waals surface area contributed by atoms with Crippen molar-refractivity contribution >= 4 is 28.2 Å². The Morgan fingerprint density at radius 3 is 2.25 bits per heavy atom. The second kappa shape index (κ2) is 5.38. The number of carbonyl (C=O) groups excluding carboxylic acids is 1. The van der Waals surface area contributed by atoms with E-state index in [0.717, 1.165) is 23.5 Å². The van der Waals surface area contributed by atoms with Gasteiger partial charge in [-0.15, -0.1) is 11.3 Å². The number of carboxylic acid groups (broad SMARTS) is 1. The first kappa shape index (κ1) is 14.1. The fraction of sp³-hybridized carbons (Fsp3) is 0.0769. The van der Waals surface area contributed by atoms with Crippen LogP contribution in [0.25, 0.3) is 0 Å². The smallest absolute Gasteiger partial charge is 0.346 e. The fourth-order valence-electron chi connectivity index (χ4n) is 1.63. The molecule has 0 atom stereocenters. The van der Waals surface area contributed by atoms with Gasteiger partial charge < -0.3 is 10.4 Å². The molecule has 20 heavy (non-hydrogen) atoms. The summed E-state index contributed by atoms with van der Waals surface area (Å²) in [4.78, 5) is 22.8. The number of carboxylic acids is 1. The van der Waals surface area contributed by atoms with Crippen molar-refractivity contribution in [1.29, 1.82) is 0 Å². The molecule has 0 bridgehead atoms. The standard InChI is InChI=1S/C13H9F2NO3S/c1-6-2-10(20-11(6)13(18)19)16-12(17)7-3-8(14)5-9(15)4-7/h2-5H,1H3,(H,16,17)(H,18,19). The van der Waals surface area contributed by atoms with E-state index in [1.54, 1.807) is 6.92 Å². The van der Waals surface area contributed by atoms with Crippen molar-refractivity contribution in [2.24, 2.45) is 0 Å². The quantitative estimate of drug-likeness (QED) is 0.913. The summed E-state index contributed by atoms with van der Waals surface area (Å²) in [5.41, 5.74) is 0.327. The molecule has 2 rings (SSSR count). The van der Waals surface area contributed by atoms with Gasteiger partial charge in [0.25, 0.3) is 5.91 Å². The van der Waals surface area contributed by atoms with E-state index in [9.17, 15) is 18.4 Å². The molecule has 1 amide bonds. The van der Waals surface area contributed by atoms with Crippen LogP contribution in [0.3, 0.4) is 0 Å². The van der Waals surface area contributed by atoms with Gasteiger partial charge in [-0.25, -0.2) is 13.6 Å². The third kappa shape index (κ3) is 3.00. The van der Waals surface area contributed by atoms with Gasteiger partial charge in [0.15, 0.2) is 0 Å². The van der Waals surface area contributed by atoms with Crippen LogP contribution in [0.15, 0.2) is 24.3 Å². The summed E-state index contributed by atoms with van der Waals surface area (Å²) in [6, 6.07) is 3.95. The molecule has 1 aromatic carbocycles. The van der Waals surface area contributed by atoms with E-state index in [0.29, 0.717) is 16.6 Å². The lowest BCUT2D eigenvalue weighted by molar-refractivity contribution is 0.0701. The van der Waals surface area contributed by atoms with Crippen LogP contribution in [0.1, 0.15) is 25.6 Å². The van der Waals surface area contributed by atoms with Crippen LogP contribution in [-0.2, 0) is 0 Å². The topological polar surface area (TPSA) is 66.4 Å². The van der Waals surface area contributed by atoms with Crippen molar-refractivity contribution in [3.8, 4) is 0 Å². The van der Waals surface area contributed by atoms with Crippen LogP contribution in [0.4, 0.5) is 13.8 Å². The molecule has 0 aliphatic carbocycles. The monoisotopic (exact) mass is 297 g/mol. The highest BCUT2D eigenvalue weighted by Gasteiger charge is 2.15. The molecule has 0 unspecified atom stereocenters. The third-order valence-electron chi connectivity index (χ3n) is 2.47. The third-order valence-corrected chi connectivity index (χ3v) is 3.61. The number of aryl methyl sites for hydroxylation is 1. The summed E-state index contributed by atoms with van der Waals surface area (Å²) >= 11 is 0.880. The van der Waals surface area contributed by atoms with E-state index < -0.39 is 23.5 Å². The molecule has 0 aliphatic heterocycles. The molecule has 1 aromatic heterocycles. The molecule has 1 heterocycles. The van der Waals surface area contributed by atoms with E-state index in [4.69, 9.17) is 5.11 Å². The van der Waals surface area contributed by atoms with Crippen LogP contribution in [0.5, 0.6) is 0 Å². The Bertz CT molecular complexity index is 677. The second-order valence-corrected chi connectivity index (χ2v) is 5.09. The molecule has 0 saturated heterocycles. The molecule has 0 saturated carbocycles. The van der Waals surface area contributed by atoms with E-state index in [1.165, 1.54) is 6.07 Å². The summed E-state index contributed by atoms with van der Waals surface area (Å²) in [6.45, 7) is 1.59. The number of halogens is 2. The van der Waals surface area contributed by atoms with Gasteiger partial charge in [-0.2, -0.15) is 0 Å². The largest absolute Gasteiger partial charge is 0.477 e. The predicted molar refractivity (Wildman–Crippen MR) is 70.3 cm³/mol. The Kier molecular flexibility index (Phi) is 3.80. The highest BCUT2D eigenvalue weighted by Crippen LogP contribution is 2.27. The van der Waals surface area contributed by atoms with Gasteiger partial charge in [0.05, 0.1) is 5.00 Å². The molecule has 7 heteroatoms.